The average molecular weight is 277 g/mol. The Morgan fingerprint density at radius 3 is 2.75 bits per heavy atom. The van der Waals surface area contributed by atoms with Gasteiger partial charge >= 0.3 is 0 Å². The molecule has 108 valence electrons. The summed E-state index contributed by atoms with van der Waals surface area (Å²) in [6, 6.07) is -0.182. The number of nitrogens with one attached hydrogen (secondary N) is 1. The molecule has 1 amide bonds. The first kappa shape index (κ1) is 14.2. The summed E-state index contributed by atoms with van der Waals surface area (Å²) < 4.78 is 6.80. The van der Waals surface area contributed by atoms with Gasteiger partial charge in [0.25, 0.3) is 5.91 Å². The number of nitrogens with zero attached hydrogens (tertiary/aromatic N) is 4. The summed E-state index contributed by atoms with van der Waals surface area (Å²) in [7, 11) is 0. The van der Waals surface area contributed by atoms with Crippen molar-refractivity contribution in [1.82, 2.24) is 25.2 Å². The summed E-state index contributed by atoms with van der Waals surface area (Å²) in [6.07, 6.45) is 2.23. The Kier molecular flexibility index (Phi) is 4.16. The molecule has 2 rings (SSSR count). The maximum atomic E-state index is 12.3. The van der Waals surface area contributed by atoms with E-state index in [9.17, 15) is 4.79 Å². The SMILES string of the molecule is CC[C@H](NC(=O)c1c(C)noc1C)c1ncnn1CC. The quantitative estimate of drug-likeness (QED) is 0.900. The second-order valence-electron chi connectivity index (χ2n) is 4.57. The maximum absolute atomic E-state index is 12.3. The number of hydrogen-bond acceptors (Lipinski definition) is 5. The number of aromatic nitrogens is 4. The van der Waals surface area contributed by atoms with Crippen LogP contribution in [0.4, 0.5) is 0 Å². The fourth-order valence-corrected chi connectivity index (χ4v) is 2.17. The van der Waals surface area contributed by atoms with Crippen molar-refractivity contribution in [2.24, 2.45) is 0 Å². The number of aryl methyl sites for hydroxylation is 3. The third kappa shape index (κ3) is 2.56. The Hall–Kier alpha value is -2.18. The molecule has 0 aliphatic rings. The Labute approximate surface area is 117 Å². The van der Waals surface area contributed by atoms with Gasteiger partial charge in [0.1, 0.15) is 23.5 Å². The van der Waals surface area contributed by atoms with Gasteiger partial charge in [0.05, 0.1) is 11.7 Å². The van der Waals surface area contributed by atoms with Crippen LogP contribution in [0.15, 0.2) is 10.9 Å². The molecule has 7 heteroatoms. The summed E-state index contributed by atoms with van der Waals surface area (Å²) in [6.45, 7) is 8.17. The maximum Gasteiger partial charge on any atom is 0.257 e. The van der Waals surface area contributed by atoms with Crippen molar-refractivity contribution >= 4 is 5.91 Å². The molecule has 0 aliphatic heterocycles. The van der Waals surface area contributed by atoms with Gasteiger partial charge in [0, 0.05) is 6.54 Å². The van der Waals surface area contributed by atoms with Gasteiger partial charge in [0.2, 0.25) is 0 Å². The van der Waals surface area contributed by atoms with E-state index >= 15 is 0 Å². The second-order valence-corrected chi connectivity index (χ2v) is 4.57. The van der Waals surface area contributed by atoms with Crippen molar-refractivity contribution in [1.29, 1.82) is 0 Å². The predicted molar refractivity (Wildman–Crippen MR) is 72.2 cm³/mol. The van der Waals surface area contributed by atoms with Crippen LogP contribution < -0.4 is 5.32 Å². The lowest BCUT2D eigenvalue weighted by Crippen LogP contribution is -2.31. The molecule has 2 aromatic heterocycles. The largest absolute Gasteiger partial charge is 0.361 e. The summed E-state index contributed by atoms with van der Waals surface area (Å²) in [4.78, 5) is 16.6. The smallest absolute Gasteiger partial charge is 0.257 e. The fraction of sp³-hybridized carbons (Fsp3) is 0.538. The standard InChI is InChI=1S/C13H19N5O2/c1-5-10(12-14-7-15-18(12)6-2)16-13(19)11-8(3)17-20-9(11)4/h7,10H,5-6H2,1-4H3,(H,16,19)/t10-/m0/s1. The summed E-state index contributed by atoms with van der Waals surface area (Å²) in [5, 5.41) is 10.9. The average Bonchev–Trinajstić information content (AvgIpc) is 3.02. The molecule has 2 aromatic rings. The van der Waals surface area contributed by atoms with Gasteiger partial charge in [0.15, 0.2) is 0 Å². The lowest BCUT2D eigenvalue weighted by Gasteiger charge is -2.16. The zero-order valence-electron chi connectivity index (χ0n) is 12.2. The van der Waals surface area contributed by atoms with Crippen LogP contribution in [-0.4, -0.2) is 25.8 Å². The van der Waals surface area contributed by atoms with Crippen molar-refractivity contribution in [3.8, 4) is 0 Å². The first-order valence-corrected chi connectivity index (χ1v) is 6.69. The van der Waals surface area contributed by atoms with Crippen molar-refractivity contribution in [3.05, 3.63) is 29.2 Å². The molecule has 20 heavy (non-hydrogen) atoms. The van der Waals surface area contributed by atoms with Crippen LogP contribution >= 0.6 is 0 Å². The van der Waals surface area contributed by atoms with Crippen LogP contribution in [0.25, 0.3) is 0 Å². The lowest BCUT2D eigenvalue weighted by molar-refractivity contribution is 0.0930. The third-order valence-corrected chi connectivity index (χ3v) is 3.23. The molecule has 0 saturated heterocycles. The molecule has 1 atom stereocenters. The highest BCUT2D eigenvalue weighted by molar-refractivity contribution is 5.96. The normalized spacial score (nSPS) is 12.4. The van der Waals surface area contributed by atoms with Gasteiger partial charge in [-0.25, -0.2) is 9.67 Å². The van der Waals surface area contributed by atoms with Gasteiger partial charge in [-0.05, 0) is 27.2 Å². The van der Waals surface area contributed by atoms with Gasteiger partial charge in [-0.1, -0.05) is 12.1 Å². The van der Waals surface area contributed by atoms with E-state index < -0.39 is 0 Å². The van der Waals surface area contributed by atoms with Gasteiger partial charge in [-0.3, -0.25) is 4.79 Å². The highest BCUT2D eigenvalue weighted by atomic mass is 16.5. The minimum atomic E-state index is -0.196. The predicted octanol–water partition coefficient (Wildman–Crippen LogP) is 1.78. The van der Waals surface area contributed by atoms with Crippen LogP contribution in [-0.2, 0) is 6.54 Å². The first-order valence-electron chi connectivity index (χ1n) is 6.69. The molecule has 0 aromatic carbocycles. The number of amides is 1. The van der Waals surface area contributed by atoms with Crippen LogP contribution in [0.2, 0.25) is 0 Å². The van der Waals surface area contributed by atoms with E-state index in [1.54, 1.807) is 18.5 Å². The van der Waals surface area contributed by atoms with Crippen LogP contribution in [0.1, 0.15) is 53.9 Å². The monoisotopic (exact) mass is 277 g/mol. The Morgan fingerprint density at radius 2 is 2.20 bits per heavy atom. The van der Waals surface area contributed by atoms with Crippen LogP contribution in [0.3, 0.4) is 0 Å². The summed E-state index contributed by atoms with van der Waals surface area (Å²) in [5.74, 6) is 1.08. The lowest BCUT2D eigenvalue weighted by atomic mass is 10.1. The molecule has 7 nitrogen and oxygen atoms in total. The fourth-order valence-electron chi connectivity index (χ4n) is 2.17. The molecule has 0 spiro atoms. The van der Waals surface area contributed by atoms with Crippen molar-refractivity contribution in [3.63, 3.8) is 0 Å². The Balaban J connectivity index is 2.21. The number of carbonyl (C=O) groups is 1. The molecule has 1 N–H and O–H groups in total. The number of rotatable bonds is 5. The summed E-state index contributed by atoms with van der Waals surface area (Å²) in [5.41, 5.74) is 1.08. The van der Waals surface area contributed by atoms with Crippen LogP contribution in [0.5, 0.6) is 0 Å². The minimum absolute atomic E-state index is 0.182. The van der Waals surface area contributed by atoms with E-state index in [1.807, 2.05) is 13.8 Å². The second kappa shape index (κ2) is 5.85. The van der Waals surface area contributed by atoms with E-state index in [0.29, 0.717) is 23.6 Å². The van der Waals surface area contributed by atoms with Gasteiger partial charge in [-0.2, -0.15) is 5.10 Å². The Bertz CT molecular complexity index is 582. The minimum Gasteiger partial charge on any atom is -0.361 e. The van der Waals surface area contributed by atoms with E-state index in [-0.39, 0.29) is 11.9 Å². The van der Waals surface area contributed by atoms with E-state index in [2.05, 4.69) is 20.6 Å². The van der Waals surface area contributed by atoms with E-state index in [1.165, 1.54) is 6.33 Å². The Morgan fingerprint density at radius 1 is 1.45 bits per heavy atom. The topological polar surface area (TPSA) is 85.8 Å². The molecule has 0 bridgehead atoms. The zero-order valence-corrected chi connectivity index (χ0v) is 12.2. The van der Waals surface area contributed by atoms with E-state index in [4.69, 9.17) is 4.52 Å². The van der Waals surface area contributed by atoms with Crippen molar-refractivity contribution in [2.45, 2.75) is 46.7 Å². The molecular weight excluding hydrogens is 258 g/mol. The molecule has 0 aliphatic carbocycles. The summed E-state index contributed by atoms with van der Waals surface area (Å²) >= 11 is 0. The molecule has 0 fully saturated rings. The number of carbonyl (C=O) groups excluding carboxylic acids is 1. The van der Waals surface area contributed by atoms with E-state index in [0.717, 1.165) is 12.2 Å². The third-order valence-electron chi connectivity index (χ3n) is 3.23. The van der Waals surface area contributed by atoms with Crippen molar-refractivity contribution < 1.29 is 9.32 Å². The van der Waals surface area contributed by atoms with Crippen LogP contribution in [0, 0.1) is 13.8 Å². The highest BCUT2D eigenvalue weighted by Crippen LogP contribution is 2.17. The highest BCUT2D eigenvalue weighted by Gasteiger charge is 2.23. The van der Waals surface area contributed by atoms with Gasteiger partial charge < -0.3 is 9.84 Å². The van der Waals surface area contributed by atoms with Gasteiger partial charge in [-0.15, -0.1) is 0 Å². The van der Waals surface area contributed by atoms with Crippen molar-refractivity contribution in [2.75, 3.05) is 0 Å². The molecule has 2 heterocycles. The zero-order chi connectivity index (χ0) is 14.7. The molecule has 0 radical (unpaired) electrons. The molecule has 0 saturated carbocycles. The molecular formula is C13H19N5O2. The first-order chi connectivity index (χ1) is 9.58. The molecule has 0 unspecified atom stereocenters. The number of hydrogen-bond donors (Lipinski definition) is 1.